The van der Waals surface area contributed by atoms with E-state index in [0.717, 1.165) is 5.56 Å². The van der Waals surface area contributed by atoms with Crippen molar-refractivity contribution in [1.82, 2.24) is 4.72 Å². The molecular formula is C10H14F2N2O2S. The van der Waals surface area contributed by atoms with E-state index >= 15 is 0 Å². The average Bonchev–Trinajstić information content (AvgIpc) is 2.27. The van der Waals surface area contributed by atoms with Crippen LogP contribution in [0.25, 0.3) is 0 Å². The first-order valence-electron chi connectivity index (χ1n) is 4.94. The Morgan fingerprint density at radius 1 is 1.41 bits per heavy atom. The SMILES string of the molecule is Cc1ccc(S(=O)(=O)NCC(F)F)cc1CN. The molecule has 0 aromatic heterocycles. The van der Waals surface area contributed by atoms with Crippen LogP contribution in [0.15, 0.2) is 23.1 Å². The lowest BCUT2D eigenvalue weighted by Crippen LogP contribution is -2.28. The quantitative estimate of drug-likeness (QED) is 0.833. The van der Waals surface area contributed by atoms with Crippen LogP contribution < -0.4 is 10.5 Å². The maximum absolute atomic E-state index is 11.9. The van der Waals surface area contributed by atoms with Gasteiger partial charge in [-0.2, -0.15) is 0 Å². The van der Waals surface area contributed by atoms with Gasteiger partial charge in [-0.3, -0.25) is 0 Å². The lowest BCUT2D eigenvalue weighted by molar-refractivity contribution is 0.153. The minimum Gasteiger partial charge on any atom is -0.326 e. The Bertz CT molecular complexity index is 489. The molecule has 0 saturated carbocycles. The maximum atomic E-state index is 11.9. The minimum absolute atomic E-state index is 0.0517. The molecule has 0 bridgehead atoms. The predicted octanol–water partition coefficient (Wildman–Crippen LogP) is 0.997. The molecule has 3 N–H and O–H groups in total. The second-order valence-corrected chi connectivity index (χ2v) is 5.30. The molecule has 7 heteroatoms. The third-order valence-corrected chi connectivity index (χ3v) is 3.70. The number of nitrogens with two attached hydrogens (primary N) is 1. The molecule has 1 aromatic rings. The summed E-state index contributed by atoms with van der Waals surface area (Å²) in [6, 6.07) is 4.35. The Kier molecular flexibility index (Phi) is 4.55. The molecule has 0 aliphatic heterocycles. The topological polar surface area (TPSA) is 72.2 Å². The van der Waals surface area contributed by atoms with Gasteiger partial charge in [-0.25, -0.2) is 21.9 Å². The summed E-state index contributed by atoms with van der Waals surface area (Å²) >= 11 is 0. The summed E-state index contributed by atoms with van der Waals surface area (Å²) in [5.41, 5.74) is 6.98. The van der Waals surface area contributed by atoms with Gasteiger partial charge >= 0.3 is 0 Å². The highest BCUT2D eigenvalue weighted by Gasteiger charge is 2.16. The largest absolute Gasteiger partial charge is 0.326 e. The highest BCUT2D eigenvalue weighted by molar-refractivity contribution is 7.89. The van der Waals surface area contributed by atoms with Crippen molar-refractivity contribution in [2.24, 2.45) is 5.73 Å². The smallest absolute Gasteiger partial charge is 0.251 e. The van der Waals surface area contributed by atoms with E-state index in [9.17, 15) is 17.2 Å². The molecule has 0 atom stereocenters. The predicted molar refractivity (Wildman–Crippen MR) is 60.3 cm³/mol. The highest BCUT2D eigenvalue weighted by atomic mass is 32.2. The number of benzene rings is 1. The standard InChI is InChI=1S/C10H14F2N2O2S/c1-7-2-3-9(4-8(7)5-13)17(15,16)14-6-10(11)12/h2-4,10,14H,5-6,13H2,1H3. The normalized spacial score (nSPS) is 12.1. The van der Waals surface area contributed by atoms with Gasteiger partial charge in [0, 0.05) is 6.54 Å². The van der Waals surface area contributed by atoms with Gasteiger partial charge in [0.25, 0.3) is 6.43 Å². The van der Waals surface area contributed by atoms with Crippen molar-refractivity contribution in [2.45, 2.75) is 24.8 Å². The molecule has 0 fully saturated rings. The fraction of sp³-hybridized carbons (Fsp3) is 0.400. The second kappa shape index (κ2) is 5.52. The molecule has 1 rings (SSSR count). The molecule has 0 radical (unpaired) electrons. The van der Waals surface area contributed by atoms with Gasteiger partial charge in [-0.05, 0) is 30.2 Å². The van der Waals surface area contributed by atoms with Crippen LogP contribution in [0.4, 0.5) is 8.78 Å². The van der Waals surface area contributed by atoms with E-state index in [-0.39, 0.29) is 11.4 Å². The van der Waals surface area contributed by atoms with E-state index in [4.69, 9.17) is 5.73 Å². The van der Waals surface area contributed by atoms with Crippen molar-refractivity contribution < 1.29 is 17.2 Å². The third-order valence-electron chi connectivity index (χ3n) is 2.28. The zero-order valence-corrected chi connectivity index (χ0v) is 10.1. The first kappa shape index (κ1) is 14.0. The Morgan fingerprint density at radius 3 is 2.59 bits per heavy atom. The first-order valence-corrected chi connectivity index (χ1v) is 6.42. The molecule has 4 nitrogen and oxygen atoms in total. The Labute approximate surface area is 98.9 Å². The van der Waals surface area contributed by atoms with Crippen LogP contribution >= 0.6 is 0 Å². The van der Waals surface area contributed by atoms with Crippen molar-refractivity contribution in [2.75, 3.05) is 6.54 Å². The van der Waals surface area contributed by atoms with Crippen LogP contribution in [-0.2, 0) is 16.6 Å². The van der Waals surface area contributed by atoms with Crippen molar-refractivity contribution >= 4 is 10.0 Å². The molecular weight excluding hydrogens is 250 g/mol. The van der Waals surface area contributed by atoms with Crippen LogP contribution in [0.2, 0.25) is 0 Å². The number of alkyl halides is 2. The van der Waals surface area contributed by atoms with E-state index in [1.54, 1.807) is 13.0 Å². The van der Waals surface area contributed by atoms with Crippen LogP contribution in [0.5, 0.6) is 0 Å². The molecule has 0 aliphatic rings. The van der Waals surface area contributed by atoms with Crippen molar-refractivity contribution in [3.05, 3.63) is 29.3 Å². The first-order chi connectivity index (χ1) is 7.86. The Hall–Kier alpha value is -1.05. The zero-order chi connectivity index (χ0) is 13.1. The van der Waals surface area contributed by atoms with Crippen molar-refractivity contribution in [1.29, 1.82) is 0 Å². The van der Waals surface area contributed by atoms with Crippen LogP contribution in [0, 0.1) is 6.92 Å². The molecule has 17 heavy (non-hydrogen) atoms. The van der Waals surface area contributed by atoms with Gasteiger partial charge in [0.05, 0.1) is 11.4 Å². The molecule has 0 amide bonds. The number of halogens is 2. The molecule has 0 spiro atoms. The van der Waals surface area contributed by atoms with E-state index in [1.165, 1.54) is 12.1 Å². The summed E-state index contributed by atoms with van der Waals surface area (Å²) in [4.78, 5) is -0.0517. The van der Waals surface area contributed by atoms with Crippen LogP contribution in [0.1, 0.15) is 11.1 Å². The number of hydrogen-bond donors (Lipinski definition) is 2. The monoisotopic (exact) mass is 264 g/mol. The fourth-order valence-corrected chi connectivity index (χ4v) is 2.35. The fourth-order valence-electron chi connectivity index (χ4n) is 1.29. The van der Waals surface area contributed by atoms with Gasteiger partial charge in [0.15, 0.2) is 0 Å². The summed E-state index contributed by atoms with van der Waals surface area (Å²) in [5.74, 6) is 0. The summed E-state index contributed by atoms with van der Waals surface area (Å²) < 4.78 is 49.0. The maximum Gasteiger partial charge on any atom is 0.251 e. The molecule has 0 unspecified atom stereocenters. The summed E-state index contributed by atoms with van der Waals surface area (Å²) in [5, 5.41) is 0. The summed E-state index contributed by atoms with van der Waals surface area (Å²) in [6.07, 6.45) is -2.72. The Balaban J connectivity index is 2.99. The highest BCUT2D eigenvalue weighted by Crippen LogP contribution is 2.15. The van der Waals surface area contributed by atoms with Crippen LogP contribution in [-0.4, -0.2) is 21.4 Å². The number of rotatable bonds is 5. The van der Waals surface area contributed by atoms with Gasteiger partial charge in [0.2, 0.25) is 10.0 Å². The number of hydrogen-bond acceptors (Lipinski definition) is 3. The third kappa shape index (κ3) is 3.72. The molecule has 96 valence electrons. The van der Waals surface area contributed by atoms with Crippen molar-refractivity contribution in [3.63, 3.8) is 0 Å². The van der Waals surface area contributed by atoms with Crippen molar-refractivity contribution in [3.8, 4) is 0 Å². The second-order valence-electron chi connectivity index (χ2n) is 3.54. The van der Waals surface area contributed by atoms with E-state index in [0.29, 0.717) is 5.56 Å². The summed E-state index contributed by atoms with van der Waals surface area (Å²) in [6.45, 7) is 1.10. The van der Waals surface area contributed by atoms with Gasteiger partial charge in [0.1, 0.15) is 0 Å². The van der Waals surface area contributed by atoms with E-state index in [1.807, 2.05) is 4.72 Å². The molecule has 0 aliphatic carbocycles. The van der Waals surface area contributed by atoms with E-state index < -0.39 is 23.0 Å². The summed E-state index contributed by atoms with van der Waals surface area (Å²) in [7, 11) is -3.89. The number of aryl methyl sites for hydroxylation is 1. The van der Waals surface area contributed by atoms with Gasteiger partial charge in [-0.15, -0.1) is 0 Å². The van der Waals surface area contributed by atoms with E-state index in [2.05, 4.69) is 0 Å². The number of sulfonamides is 1. The lowest BCUT2D eigenvalue weighted by Gasteiger charge is -2.09. The Morgan fingerprint density at radius 2 is 2.06 bits per heavy atom. The molecule has 1 aromatic carbocycles. The molecule has 0 saturated heterocycles. The molecule has 0 heterocycles. The lowest BCUT2D eigenvalue weighted by atomic mass is 10.1. The average molecular weight is 264 g/mol. The minimum atomic E-state index is -3.89. The van der Waals surface area contributed by atoms with Gasteiger partial charge < -0.3 is 5.73 Å². The van der Waals surface area contributed by atoms with Gasteiger partial charge in [-0.1, -0.05) is 6.07 Å². The zero-order valence-electron chi connectivity index (χ0n) is 9.28. The number of nitrogens with one attached hydrogen (secondary N) is 1. The van der Waals surface area contributed by atoms with Crippen LogP contribution in [0.3, 0.4) is 0 Å².